The molecule has 0 unspecified atom stereocenters. The Labute approximate surface area is 159 Å². The van der Waals surface area contributed by atoms with Gasteiger partial charge in [-0.1, -0.05) is 30.3 Å². The molecule has 2 heterocycles. The highest BCUT2D eigenvalue weighted by molar-refractivity contribution is 7.99. The number of carbonyl (C=O) groups excluding carboxylic acids is 1. The summed E-state index contributed by atoms with van der Waals surface area (Å²) in [6.45, 7) is 6.89. The van der Waals surface area contributed by atoms with Gasteiger partial charge in [-0.15, -0.1) is 0 Å². The van der Waals surface area contributed by atoms with E-state index in [1.54, 1.807) is 0 Å². The second-order valence-electron chi connectivity index (χ2n) is 6.92. The summed E-state index contributed by atoms with van der Waals surface area (Å²) < 4.78 is 2.35. The Bertz CT molecular complexity index is 940. The van der Waals surface area contributed by atoms with Crippen LogP contribution in [0.1, 0.15) is 27.2 Å². The molecule has 3 nitrogen and oxygen atoms in total. The van der Waals surface area contributed by atoms with Crippen molar-refractivity contribution in [3.63, 3.8) is 0 Å². The second-order valence-corrected chi connectivity index (χ2v) is 8.14. The molecule has 3 aromatic rings. The van der Waals surface area contributed by atoms with Gasteiger partial charge >= 0.3 is 0 Å². The molecule has 134 valence electrons. The third kappa shape index (κ3) is 3.14. The average molecular weight is 365 g/mol. The topological polar surface area (TPSA) is 25.2 Å². The second kappa shape index (κ2) is 7.20. The van der Waals surface area contributed by atoms with Gasteiger partial charge in [0.05, 0.1) is 0 Å². The van der Waals surface area contributed by atoms with Crippen molar-refractivity contribution in [2.45, 2.75) is 20.4 Å². The largest absolute Gasteiger partial charge is 0.340 e. The Morgan fingerprint density at radius 2 is 1.77 bits per heavy atom. The number of amides is 1. The highest BCUT2D eigenvalue weighted by Crippen LogP contribution is 2.28. The molecule has 1 fully saturated rings. The van der Waals surface area contributed by atoms with Gasteiger partial charge in [0.25, 0.3) is 5.91 Å². The van der Waals surface area contributed by atoms with E-state index in [-0.39, 0.29) is 5.91 Å². The van der Waals surface area contributed by atoms with E-state index in [0.717, 1.165) is 36.7 Å². The fourth-order valence-corrected chi connectivity index (χ4v) is 4.60. The standard InChI is InChI=1S/C22H24N2OS/c1-16-17(2)24(15-18-6-4-3-5-7-18)21-9-8-19(14-20(16)21)22(25)23-10-12-26-13-11-23/h3-9,14H,10-13,15H2,1-2H3. The zero-order chi connectivity index (χ0) is 18.1. The predicted octanol–water partition coefficient (Wildman–Crippen LogP) is 4.50. The van der Waals surface area contributed by atoms with Crippen LogP contribution in [0, 0.1) is 13.8 Å². The molecule has 1 aliphatic heterocycles. The summed E-state index contributed by atoms with van der Waals surface area (Å²) in [4.78, 5) is 14.8. The van der Waals surface area contributed by atoms with Crippen molar-refractivity contribution < 1.29 is 4.79 Å². The summed E-state index contributed by atoms with van der Waals surface area (Å²) in [5, 5.41) is 1.19. The van der Waals surface area contributed by atoms with Crippen molar-refractivity contribution in [3.05, 3.63) is 70.9 Å². The lowest BCUT2D eigenvalue weighted by Crippen LogP contribution is -2.37. The van der Waals surface area contributed by atoms with Gasteiger partial charge in [-0.05, 0) is 43.2 Å². The molecule has 2 aromatic carbocycles. The number of carbonyl (C=O) groups is 1. The van der Waals surface area contributed by atoms with E-state index in [2.05, 4.69) is 54.8 Å². The SMILES string of the molecule is Cc1c(C)n(Cc2ccccc2)c2ccc(C(=O)N3CCSCC3)cc12. The van der Waals surface area contributed by atoms with E-state index in [1.807, 2.05) is 28.8 Å². The normalized spacial score (nSPS) is 14.8. The van der Waals surface area contributed by atoms with Gasteiger partial charge in [0.2, 0.25) is 0 Å². The molecule has 4 heteroatoms. The quantitative estimate of drug-likeness (QED) is 0.684. The number of hydrogen-bond donors (Lipinski definition) is 0. The van der Waals surface area contributed by atoms with Gasteiger partial charge in [0, 0.05) is 53.3 Å². The molecule has 0 aliphatic carbocycles. The minimum atomic E-state index is 0.167. The fourth-order valence-electron chi connectivity index (χ4n) is 3.70. The van der Waals surface area contributed by atoms with E-state index < -0.39 is 0 Å². The van der Waals surface area contributed by atoms with Gasteiger partial charge in [-0.3, -0.25) is 4.79 Å². The van der Waals surface area contributed by atoms with Crippen molar-refractivity contribution in [2.75, 3.05) is 24.6 Å². The molecule has 0 atom stereocenters. The van der Waals surface area contributed by atoms with E-state index in [9.17, 15) is 4.79 Å². The van der Waals surface area contributed by atoms with Gasteiger partial charge in [0.15, 0.2) is 0 Å². The summed E-state index contributed by atoms with van der Waals surface area (Å²) in [5.41, 5.74) is 5.83. The van der Waals surface area contributed by atoms with Gasteiger partial charge in [-0.2, -0.15) is 11.8 Å². The van der Waals surface area contributed by atoms with Crippen molar-refractivity contribution in [1.29, 1.82) is 0 Å². The van der Waals surface area contributed by atoms with E-state index in [0.29, 0.717) is 0 Å². The van der Waals surface area contributed by atoms with Crippen LogP contribution in [-0.4, -0.2) is 40.0 Å². The van der Waals surface area contributed by atoms with Crippen LogP contribution in [0.5, 0.6) is 0 Å². The first-order valence-electron chi connectivity index (χ1n) is 9.15. The molecule has 0 bridgehead atoms. The lowest BCUT2D eigenvalue weighted by atomic mass is 10.1. The summed E-state index contributed by atoms with van der Waals surface area (Å²) in [6, 6.07) is 16.7. The Kier molecular flexibility index (Phi) is 4.77. The van der Waals surface area contributed by atoms with Gasteiger partial charge < -0.3 is 9.47 Å². The van der Waals surface area contributed by atoms with Crippen molar-refractivity contribution in [1.82, 2.24) is 9.47 Å². The minimum Gasteiger partial charge on any atom is -0.340 e. The molecule has 0 saturated carbocycles. The summed E-state index contributed by atoms with van der Waals surface area (Å²) in [5.74, 6) is 2.25. The monoisotopic (exact) mass is 364 g/mol. The maximum absolute atomic E-state index is 12.8. The molecule has 1 saturated heterocycles. The molecule has 4 rings (SSSR count). The Balaban J connectivity index is 1.70. The third-order valence-corrected chi connectivity index (χ3v) is 6.31. The number of rotatable bonds is 3. The van der Waals surface area contributed by atoms with E-state index in [1.165, 1.54) is 27.7 Å². The molecule has 1 amide bonds. The summed E-state index contributed by atoms with van der Waals surface area (Å²) in [6.07, 6.45) is 0. The van der Waals surface area contributed by atoms with Crippen molar-refractivity contribution in [2.24, 2.45) is 0 Å². The summed E-state index contributed by atoms with van der Waals surface area (Å²) >= 11 is 1.93. The first-order valence-corrected chi connectivity index (χ1v) is 10.3. The number of thioether (sulfide) groups is 1. The number of benzene rings is 2. The maximum atomic E-state index is 12.8. The van der Waals surface area contributed by atoms with Gasteiger partial charge in [0.1, 0.15) is 0 Å². The molecule has 26 heavy (non-hydrogen) atoms. The Morgan fingerprint density at radius 3 is 2.50 bits per heavy atom. The smallest absolute Gasteiger partial charge is 0.253 e. The van der Waals surface area contributed by atoms with Crippen molar-refractivity contribution >= 4 is 28.6 Å². The van der Waals surface area contributed by atoms with Crippen LogP contribution < -0.4 is 0 Å². The zero-order valence-electron chi connectivity index (χ0n) is 15.4. The average Bonchev–Trinajstić information content (AvgIpc) is 2.93. The van der Waals surface area contributed by atoms with Crippen LogP contribution in [-0.2, 0) is 6.54 Å². The van der Waals surface area contributed by atoms with E-state index in [4.69, 9.17) is 0 Å². The number of nitrogens with zero attached hydrogens (tertiary/aromatic N) is 2. The van der Waals surface area contributed by atoms with E-state index >= 15 is 0 Å². The molecule has 1 aromatic heterocycles. The highest BCUT2D eigenvalue weighted by Gasteiger charge is 2.20. The maximum Gasteiger partial charge on any atom is 0.253 e. The number of fused-ring (bicyclic) bond motifs is 1. The van der Waals surface area contributed by atoms with Crippen molar-refractivity contribution in [3.8, 4) is 0 Å². The first-order chi connectivity index (χ1) is 12.6. The minimum absolute atomic E-state index is 0.167. The van der Waals surface area contributed by atoms with Crippen LogP contribution in [0.15, 0.2) is 48.5 Å². The molecule has 1 aliphatic rings. The van der Waals surface area contributed by atoms with Crippen LogP contribution in [0.4, 0.5) is 0 Å². The third-order valence-electron chi connectivity index (χ3n) is 5.37. The first kappa shape index (κ1) is 17.2. The van der Waals surface area contributed by atoms with Crippen LogP contribution in [0.2, 0.25) is 0 Å². The molecular weight excluding hydrogens is 340 g/mol. The van der Waals surface area contributed by atoms with Gasteiger partial charge in [-0.25, -0.2) is 0 Å². The highest BCUT2D eigenvalue weighted by atomic mass is 32.2. The predicted molar refractivity (Wildman–Crippen MR) is 110 cm³/mol. The molecule has 0 radical (unpaired) electrons. The molecule has 0 N–H and O–H groups in total. The number of aromatic nitrogens is 1. The Hall–Kier alpha value is -2.20. The number of hydrogen-bond acceptors (Lipinski definition) is 2. The van der Waals surface area contributed by atoms with Crippen LogP contribution >= 0.6 is 11.8 Å². The molecule has 0 spiro atoms. The van der Waals surface area contributed by atoms with Crippen LogP contribution in [0.3, 0.4) is 0 Å². The van der Waals surface area contributed by atoms with Crippen LogP contribution in [0.25, 0.3) is 10.9 Å². The number of aryl methyl sites for hydroxylation is 1. The lowest BCUT2D eigenvalue weighted by molar-refractivity contribution is 0.0772. The summed E-state index contributed by atoms with van der Waals surface area (Å²) in [7, 11) is 0. The fraction of sp³-hybridized carbons (Fsp3) is 0.318. The Morgan fingerprint density at radius 1 is 1.04 bits per heavy atom. The lowest BCUT2D eigenvalue weighted by Gasteiger charge is -2.26. The molecular formula is C22H24N2OS. The zero-order valence-corrected chi connectivity index (χ0v) is 16.2.